The predicted octanol–water partition coefficient (Wildman–Crippen LogP) is 5.77. The van der Waals surface area contributed by atoms with Gasteiger partial charge in [0.2, 0.25) is 5.91 Å². The van der Waals surface area contributed by atoms with E-state index >= 15 is 0 Å². The van der Waals surface area contributed by atoms with Gasteiger partial charge in [-0.05, 0) is 29.7 Å². The van der Waals surface area contributed by atoms with E-state index in [1.165, 1.54) is 6.08 Å². The molecule has 2 heterocycles. The van der Waals surface area contributed by atoms with Gasteiger partial charge in [-0.25, -0.2) is 0 Å². The number of aryl methyl sites for hydroxylation is 1. The molecule has 1 aromatic carbocycles. The highest BCUT2D eigenvalue weighted by Crippen LogP contribution is 2.50. The first-order valence-corrected chi connectivity index (χ1v) is 12.1. The van der Waals surface area contributed by atoms with Crippen molar-refractivity contribution in [2.45, 2.75) is 32.1 Å². The third-order valence-corrected chi connectivity index (χ3v) is 7.24. The molecule has 0 atom stereocenters. The SMILES string of the molecule is C=CC(=O)Nc1cn(C)nc1Cc1cc2c(cn1)CC(C(C)(C)c1c(Cl)c(OC)cc(OC)c1Cl)=C2. The normalized spacial score (nSPS) is 12.7. The first-order valence-electron chi connectivity index (χ1n) is 11.3. The summed E-state index contributed by atoms with van der Waals surface area (Å²) < 4.78 is 12.6. The molecule has 36 heavy (non-hydrogen) atoms. The van der Waals surface area contributed by atoms with Crippen LogP contribution in [0.25, 0.3) is 6.08 Å². The van der Waals surface area contributed by atoms with E-state index in [-0.39, 0.29) is 5.91 Å². The smallest absolute Gasteiger partial charge is 0.247 e. The van der Waals surface area contributed by atoms with Gasteiger partial charge in [-0.3, -0.25) is 14.5 Å². The predicted molar refractivity (Wildman–Crippen MR) is 143 cm³/mol. The summed E-state index contributed by atoms with van der Waals surface area (Å²) in [4.78, 5) is 16.5. The number of pyridine rings is 1. The number of anilines is 1. The maximum absolute atomic E-state index is 11.8. The average molecular weight is 527 g/mol. The molecular formula is C27H28Cl2N4O3. The minimum absolute atomic E-state index is 0.285. The number of hydrogen-bond donors (Lipinski definition) is 1. The summed E-state index contributed by atoms with van der Waals surface area (Å²) in [5.41, 5.74) is 5.80. The average Bonchev–Trinajstić information content (AvgIpc) is 3.42. The Morgan fingerprint density at radius 1 is 1.22 bits per heavy atom. The van der Waals surface area contributed by atoms with Crippen LogP contribution in [-0.2, 0) is 30.1 Å². The van der Waals surface area contributed by atoms with E-state index < -0.39 is 5.41 Å². The number of ether oxygens (including phenoxy) is 2. The second-order valence-electron chi connectivity index (χ2n) is 9.16. The number of aromatic nitrogens is 3. The van der Waals surface area contributed by atoms with Gasteiger partial charge in [0.25, 0.3) is 0 Å². The van der Waals surface area contributed by atoms with Crippen molar-refractivity contribution in [1.82, 2.24) is 14.8 Å². The van der Waals surface area contributed by atoms with E-state index in [2.05, 4.69) is 48.0 Å². The molecule has 7 nitrogen and oxygen atoms in total. The summed E-state index contributed by atoms with van der Waals surface area (Å²) in [7, 11) is 4.95. The molecule has 0 radical (unpaired) electrons. The maximum atomic E-state index is 11.8. The highest BCUT2D eigenvalue weighted by molar-refractivity contribution is 6.38. The Labute approximate surface area is 220 Å². The number of methoxy groups -OCH3 is 2. The summed E-state index contributed by atoms with van der Waals surface area (Å²) in [5, 5.41) is 8.23. The number of allylic oxidation sites excluding steroid dienone is 1. The summed E-state index contributed by atoms with van der Waals surface area (Å²) in [5.74, 6) is 0.735. The van der Waals surface area contributed by atoms with Crippen molar-refractivity contribution < 1.29 is 14.3 Å². The van der Waals surface area contributed by atoms with E-state index in [0.29, 0.717) is 40.1 Å². The minimum atomic E-state index is -0.502. The van der Waals surface area contributed by atoms with E-state index in [0.717, 1.165) is 33.7 Å². The molecule has 0 aliphatic heterocycles. The fourth-order valence-corrected chi connectivity index (χ4v) is 5.46. The van der Waals surface area contributed by atoms with E-state index in [4.69, 9.17) is 32.7 Å². The van der Waals surface area contributed by atoms with Crippen LogP contribution in [0, 0.1) is 0 Å². The van der Waals surface area contributed by atoms with Gasteiger partial charge in [0.15, 0.2) is 0 Å². The molecule has 1 aliphatic carbocycles. The van der Waals surface area contributed by atoms with Gasteiger partial charge < -0.3 is 14.8 Å². The molecule has 0 spiro atoms. The van der Waals surface area contributed by atoms with Crippen LogP contribution >= 0.6 is 23.2 Å². The molecule has 1 aliphatic rings. The van der Waals surface area contributed by atoms with Crippen LogP contribution in [0.3, 0.4) is 0 Å². The lowest BCUT2D eigenvalue weighted by Crippen LogP contribution is -2.22. The van der Waals surface area contributed by atoms with Crippen molar-refractivity contribution in [1.29, 1.82) is 0 Å². The van der Waals surface area contributed by atoms with Gasteiger partial charge in [-0.2, -0.15) is 5.10 Å². The van der Waals surface area contributed by atoms with E-state index in [1.54, 1.807) is 31.2 Å². The van der Waals surface area contributed by atoms with Gasteiger partial charge in [0.1, 0.15) is 11.5 Å². The quantitative estimate of drug-likeness (QED) is 0.377. The molecular weight excluding hydrogens is 499 g/mol. The Balaban J connectivity index is 1.67. The topological polar surface area (TPSA) is 78.3 Å². The van der Waals surface area contributed by atoms with Crippen molar-refractivity contribution in [3.63, 3.8) is 0 Å². The largest absolute Gasteiger partial charge is 0.495 e. The summed E-state index contributed by atoms with van der Waals surface area (Å²) in [6.45, 7) is 7.69. The van der Waals surface area contributed by atoms with Crippen LogP contribution in [0.4, 0.5) is 5.69 Å². The lowest BCUT2D eigenvalue weighted by Gasteiger charge is -2.30. The van der Waals surface area contributed by atoms with Crippen molar-refractivity contribution >= 4 is 40.9 Å². The number of nitrogens with one attached hydrogen (secondary N) is 1. The van der Waals surface area contributed by atoms with Crippen molar-refractivity contribution in [3.05, 3.63) is 80.9 Å². The third-order valence-electron chi connectivity index (χ3n) is 6.49. The molecule has 0 saturated heterocycles. The van der Waals surface area contributed by atoms with Gasteiger partial charge >= 0.3 is 0 Å². The molecule has 4 rings (SSSR count). The molecule has 0 unspecified atom stereocenters. The zero-order valence-corrected chi connectivity index (χ0v) is 22.4. The zero-order chi connectivity index (χ0) is 26.2. The van der Waals surface area contributed by atoms with Gasteiger partial charge in [0.05, 0.1) is 35.6 Å². The number of halogens is 2. The van der Waals surface area contributed by atoms with Crippen LogP contribution in [0.15, 0.2) is 42.8 Å². The molecule has 188 valence electrons. The fraction of sp³-hybridized carbons (Fsp3) is 0.296. The molecule has 1 N–H and O–H groups in total. The third kappa shape index (κ3) is 4.73. The molecule has 0 bridgehead atoms. The Morgan fingerprint density at radius 3 is 2.50 bits per heavy atom. The van der Waals surface area contributed by atoms with Crippen LogP contribution in [-0.4, -0.2) is 34.9 Å². The summed E-state index contributed by atoms with van der Waals surface area (Å²) >= 11 is 13.5. The van der Waals surface area contributed by atoms with Crippen LogP contribution < -0.4 is 14.8 Å². The number of carbonyl (C=O) groups excluding carboxylic acids is 1. The molecule has 0 fully saturated rings. The summed E-state index contributed by atoms with van der Waals surface area (Å²) in [6, 6.07) is 3.75. The Morgan fingerprint density at radius 2 is 1.89 bits per heavy atom. The number of hydrogen-bond acceptors (Lipinski definition) is 5. The highest BCUT2D eigenvalue weighted by Gasteiger charge is 2.35. The Hall–Kier alpha value is -3.29. The van der Waals surface area contributed by atoms with Gasteiger partial charge in [0, 0.05) is 48.6 Å². The standard InChI is InChI=1S/C27H28Cl2N4O3/c1-7-23(34)31-20-14-33(4)32-19(20)11-18-10-15-8-17(9-16(15)13-30-18)27(2,3)24-25(28)21(35-5)12-22(36-6)26(24)29/h7-8,10,12-14H,1,9,11H2,2-6H3,(H,31,34). The molecule has 3 aromatic rings. The highest BCUT2D eigenvalue weighted by atomic mass is 35.5. The minimum Gasteiger partial charge on any atom is -0.495 e. The second-order valence-corrected chi connectivity index (χ2v) is 9.92. The first kappa shape index (κ1) is 25.8. The summed E-state index contributed by atoms with van der Waals surface area (Å²) in [6.07, 6.45) is 8.24. The number of carbonyl (C=O) groups is 1. The first-order chi connectivity index (χ1) is 17.1. The van der Waals surface area contributed by atoms with Crippen molar-refractivity contribution in [3.8, 4) is 11.5 Å². The van der Waals surface area contributed by atoms with Crippen molar-refractivity contribution in [2.75, 3.05) is 19.5 Å². The van der Waals surface area contributed by atoms with Crippen LogP contribution in [0.1, 0.15) is 41.9 Å². The van der Waals surface area contributed by atoms with E-state index in [1.807, 2.05) is 13.2 Å². The molecule has 1 amide bonds. The maximum Gasteiger partial charge on any atom is 0.247 e. The molecule has 9 heteroatoms. The van der Waals surface area contributed by atoms with Gasteiger partial charge in [-0.15, -0.1) is 0 Å². The van der Waals surface area contributed by atoms with E-state index in [9.17, 15) is 4.79 Å². The monoisotopic (exact) mass is 526 g/mol. The number of fused-ring (bicyclic) bond motifs is 1. The molecule has 0 saturated carbocycles. The number of nitrogens with zero attached hydrogens (tertiary/aromatic N) is 3. The lowest BCUT2D eigenvalue weighted by molar-refractivity contribution is -0.111. The number of amides is 1. The van der Waals surface area contributed by atoms with Crippen LogP contribution in [0.2, 0.25) is 10.0 Å². The lowest BCUT2D eigenvalue weighted by atomic mass is 9.76. The Kier molecular flexibility index (Phi) is 7.16. The second kappa shape index (κ2) is 9.99. The fourth-order valence-electron chi connectivity index (χ4n) is 4.49. The van der Waals surface area contributed by atoms with Gasteiger partial charge in [-0.1, -0.05) is 55.3 Å². The van der Waals surface area contributed by atoms with Crippen LogP contribution in [0.5, 0.6) is 11.5 Å². The molecule has 2 aromatic heterocycles. The number of benzene rings is 1. The number of rotatable bonds is 8. The zero-order valence-electron chi connectivity index (χ0n) is 20.9. The Bertz CT molecular complexity index is 1360. The van der Waals surface area contributed by atoms with Crippen molar-refractivity contribution in [2.24, 2.45) is 7.05 Å².